The Balaban J connectivity index is 1.36. The predicted molar refractivity (Wildman–Crippen MR) is 161 cm³/mol. The average Bonchev–Trinajstić information content (AvgIpc) is 3.70. The van der Waals surface area contributed by atoms with E-state index in [1.165, 1.54) is 37.8 Å². The molecule has 1 aromatic heterocycles. The van der Waals surface area contributed by atoms with Gasteiger partial charge in [-0.25, -0.2) is 0 Å². The zero-order valence-electron chi connectivity index (χ0n) is 23.2. The van der Waals surface area contributed by atoms with Crippen molar-refractivity contribution in [3.05, 3.63) is 40.5 Å². The fraction of sp³-hybridized carbons (Fsp3) is 0.467. The average molecular weight is 598 g/mol. The number of nitrogens with two attached hydrogens (primary N) is 1. The van der Waals surface area contributed by atoms with E-state index in [0.29, 0.717) is 63.3 Å². The van der Waals surface area contributed by atoms with Gasteiger partial charge >= 0.3 is 0 Å². The summed E-state index contributed by atoms with van der Waals surface area (Å²) in [6, 6.07) is 6.93. The van der Waals surface area contributed by atoms with Crippen LogP contribution in [0.15, 0.2) is 33.6 Å². The SMILES string of the molecule is COc1cc(O)cc(-c2cc(CCCNC(=O)[C@@H](C)CC(N)=O)c(/C=C3\SC(=S)N(C4CC5CCC4C5)C3=O)o2)c1. The topological polar surface area (TPSA) is 135 Å². The van der Waals surface area contributed by atoms with Crippen LogP contribution in [0.3, 0.4) is 0 Å². The molecule has 41 heavy (non-hydrogen) atoms. The molecule has 2 bridgehead atoms. The fourth-order valence-corrected chi connectivity index (χ4v) is 7.56. The minimum Gasteiger partial charge on any atom is -0.508 e. The fourth-order valence-electron chi connectivity index (χ4n) is 6.22. The number of rotatable bonds is 11. The quantitative estimate of drug-likeness (QED) is 0.194. The second-order valence-electron chi connectivity index (χ2n) is 11.2. The van der Waals surface area contributed by atoms with E-state index in [2.05, 4.69) is 5.32 Å². The lowest BCUT2D eigenvalue weighted by Crippen LogP contribution is -2.41. The molecule has 1 saturated heterocycles. The summed E-state index contributed by atoms with van der Waals surface area (Å²) in [6.07, 6.45) is 7.51. The van der Waals surface area contributed by atoms with Crippen LogP contribution in [0.4, 0.5) is 0 Å². The monoisotopic (exact) mass is 597 g/mol. The van der Waals surface area contributed by atoms with Crippen LogP contribution in [0.25, 0.3) is 17.4 Å². The summed E-state index contributed by atoms with van der Waals surface area (Å²) in [6.45, 7) is 2.06. The van der Waals surface area contributed by atoms with Crippen LogP contribution >= 0.6 is 24.0 Å². The molecule has 2 aliphatic carbocycles. The smallest absolute Gasteiger partial charge is 0.266 e. The van der Waals surface area contributed by atoms with Gasteiger partial charge in [0.1, 0.15) is 27.3 Å². The standard InChI is InChI=1S/C30H35N3O6S2/c1-16(8-27(31)35)28(36)32-7-3-4-19-13-24(20-11-21(34)14-22(12-20)38-2)39-25(19)15-26-29(37)33(30(40)41-26)23-10-17-5-6-18(23)9-17/h11-18,23,34H,3-10H2,1-2H3,(H2,31,35)(H,32,36)/b26-15-/t16-,17?,18?,23?/m0/s1. The molecule has 3 aliphatic rings. The van der Waals surface area contributed by atoms with Gasteiger partial charge in [0, 0.05) is 42.6 Å². The summed E-state index contributed by atoms with van der Waals surface area (Å²) in [5.41, 5.74) is 6.69. The Morgan fingerprint density at radius 1 is 1.29 bits per heavy atom. The van der Waals surface area contributed by atoms with Crippen molar-refractivity contribution in [1.82, 2.24) is 10.2 Å². The third-order valence-electron chi connectivity index (χ3n) is 8.25. The van der Waals surface area contributed by atoms with Gasteiger partial charge in [-0.1, -0.05) is 37.3 Å². The number of aryl methyl sites for hydroxylation is 1. The molecule has 9 nitrogen and oxygen atoms in total. The first-order valence-corrected chi connectivity index (χ1v) is 15.2. The van der Waals surface area contributed by atoms with Crippen LogP contribution < -0.4 is 15.8 Å². The number of phenols is 1. The van der Waals surface area contributed by atoms with Crippen molar-refractivity contribution in [1.29, 1.82) is 0 Å². The Morgan fingerprint density at radius 2 is 2.10 bits per heavy atom. The number of thioether (sulfide) groups is 1. The molecular weight excluding hydrogens is 562 g/mol. The molecule has 2 heterocycles. The van der Waals surface area contributed by atoms with Crippen molar-refractivity contribution in [2.24, 2.45) is 23.5 Å². The molecule has 3 unspecified atom stereocenters. The highest BCUT2D eigenvalue weighted by atomic mass is 32.2. The van der Waals surface area contributed by atoms with Crippen molar-refractivity contribution in [3.8, 4) is 22.8 Å². The van der Waals surface area contributed by atoms with E-state index >= 15 is 0 Å². The normalized spacial score (nSPS) is 23.4. The minimum atomic E-state index is -0.516. The van der Waals surface area contributed by atoms with E-state index in [9.17, 15) is 19.5 Å². The van der Waals surface area contributed by atoms with Crippen molar-refractivity contribution in [3.63, 3.8) is 0 Å². The van der Waals surface area contributed by atoms with Crippen molar-refractivity contribution in [2.45, 2.75) is 57.9 Å². The maximum absolute atomic E-state index is 13.6. The minimum absolute atomic E-state index is 0.00510. The van der Waals surface area contributed by atoms with E-state index in [0.717, 1.165) is 18.4 Å². The van der Waals surface area contributed by atoms with Gasteiger partial charge in [0.05, 0.1) is 12.0 Å². The van der Waals surface area contributed by atoms with Gasteiger partial charge in [0.2, 0.25) is 11.8 Å². The molecule has 5 rings (SSSR count). The molecule has 3 fully saturated rings. The van der Waals surface area contributed by atoms with Crippen LogP contribution in [0.2, 0.25) is 0 Å². The Morgan fingerprint density at radius 3 is 2.78 bits per heavy atom. The van der Waals surface area contributed by atoms with Gasteiger partial charge in [-0.05, 0) is 67.7 Å². The number of fused-ring (bicyclic) bond motifs is 2. The summed E-state index contributed by atoms with van der Waals surface area (Å²) in [5, 5.41) is 13.0. The number of benzene rings is 1. The van der Waals surface area contributed by atoms with Gasteiger partial charge < -0.3 is 25.3 Å². The molecule has 0 radical (unpaired) electrons. The molecule has 1 aliphatic heterocycles. The molecule has 2 saturated carbocycles. The van der Waals surface area contributed by atoms with Crippen LogP contribution in [0.1, 0.15) is 56.8 Å². The highest BCUT2D eigenvalue weighted by Crippen LogP contribution is 2.49. The summed E-state index contributed by atoms with van der Waals surface area (Å²) in [5.74, 6) is 1.47. The van der Waals surface area contributed by atoms with Gasteiger partial charge in [-0.15, -0.1) is 0 Å². The Labute approximate surface area is 248 Å². The van der Waals surface area contributed by atoms with Crippen molar-refractivity contribution in [2.75, 3.05) is 13.7 Å². The number of hydrogen-bond donors (Lipinski definition) is 3. The zero-order valence-corrected chi connectivity index (χ0v) is 24.8. The summed E-state index contributed by atoms with van der Waals surface area (Å²) < 4.78 is 12.2. The number of carbonyl (C=O) groups is 3. The maximum atomic E-state index is 13.6. The summed E-state index contributed by atoms with van der Waals surface area (Å²) in [4.78, 5) is 39.3. The lowest BCUT2D eigenvalue weighted by molar-refractivity contribution is -0.128. The number of ether oxygens (including phenoxy) is 1. The van der Waals surface area contributed by atoms with E-state index in [-0.39, 0.29) is 30.0 Å². The Bertz CT molecular complexity index is 1400. The largest absolute Gasteiger partial charge is 0.508 e. The van der Waals surface area contributed by atoms with Crippen LogP contribution in [0, 0.1) is 17.8 Å². The molecule has 4 N–H and O–H groups in total. The van der Waals surface area contributed by atoms with E-state index < -0.39 is 11.8 Å². The van der Waals surface area contributed by atoms with E-state index in [1.54, 1.807) is 25.1 Å². The lowest BCUT2D eigenvalue weighted by atomic mass is 9.94. The molecule has 4 atom stereocenters. The van der Waals surface area contributed by atoms with Crippen LogP contribution in [0.5, 0.6) is 11.5 Å². The van der Waals surface area contributed by atoms with Crippen molar-refractivity contribution < 1.29 is 28.6 Å². The molecule has 218 valence electrons. The first-order valence-electron chi connectivity index (χ1n) is 14.0. The van der Waals surface area contributed by atoms with Crippen LogP contribution in [-0.4, -0.2) is 51.7 Å². The Kier molecular flexibility index (Phi) is 8.74. The number of amides is 3. The number of furan rings is 1. The number of nitrogens with one attached hydrogen (secondary N) is 1. The second-order valence-corrected chi connectivity index (χ2v) is 12.9. The first-order chi connectivity index (χ1) is 19.6. The summed E-state index contributed by atoms with van der Waals surface area (Å²) >= 11 is 6.97. The zero-order chi connectivity index (χ0) is 29.3. The number of carbonyl (C=O) groups excluding carboxylic acids is 3. The molecular formula is C30H35N3O6S2. The van der Waals surface area contributed by atoms with Gasteiger partial charge in [-0.2, -0.15) is 0 Å². The number of nitrogens with zero attached hydrogens (tertiary/aromatic N) is 1. The van der Waals surface area contributed by atoms with Gasteiger partial charge in [0.25, 0.3) is 5.91 Å². The molecule has 2 aromatic rings. The number of aromatic hydroxyl groups is 1. The lowest BCUT2D eigenvalue weighted by Gasteiger charge is -2.30. The van der Waals surface area contributed by atoms with Crippen LogP contribution in [-0.2, 0) is 20.8 Å². The number of phenolic OH excluding ortho intramolecular Hbond substituents is 1. The highest BCUT2D eigenvalue weighted by molar-refractivity contribution is 8.26. The van der Waals surface area contributed by atoms with E-state index in [1.807, 2.05) is 11.0 Å². The number of hydrogen-bond acceptors (Lipinski definition) is 8. The number of methoxy groups -OCH3 is 1. The molecule has 3 amide bonds. The number of thiocarbonyl (C=S) groups is 1. The molecule has 0 spiro atoms. The highest BCUT2D eigenvalue weighted by Gasteiger charge is 2.48. The second kappa shape index (κ2) is 12.3. The molecule has 1 aromatic carbocycles. The first kappa shape index (κ1) is 29.2. The predicted octanol–water partition coefficient (Wildman–Crippen LogP) is 4.61. The number of primary amides is 1. The van der Waals surface area contributed by atoms with Crippen molar-refractivity contribution >= 4 is 52.1 Å². The van der Waals surface area contributed by atoms with Gasteiger partial charge in [-0.3, -0.25) is 19.3 Å². The summed E-state index contributed by atoms with van der Waals surface area (Å²) in [7, 11) is 1.52. The maximum Gasteiger partial charge on any atom is 0.266 e. The molecule has 11 heteroatoms. The Hall–Kier alpha value is -3.31. The van der Waals surface area contributed by atoms with E-state index in [4.69, 9.17) is 27.1 Å². The van der Waals surface area contributed by atoms with Gasteiger partial charge in [0.15, 0.2) is 0 Å². The third kappa shape index (κ3) is 6.46. The third-order valence-corrected chi connectivity index (χ3v) is 9.58.